The maximum absolute atomic E-state index is 5.65. The molecule has 0 bridgehead atoms. The van der Waals surface area contributed by atoms with Crippen LogP contribution in [0.25, 0.3) is 0 Å². The van der Waals surface area contributed by atoms with Gasteiger partial charge in [-0.15, -0.1) is 0 Å². The van der Waals surface area contributed by atoms with Crippen LogP contribution in [-0.4, -0.2) is 19.3 Å². The van der Waals surface area contributed by atoms with Gasteiger partial charge >= 0.3 is 0 Å². The largest absolute Gasteiger partial charge is 0.491 e. The third-order valence-corrected chi connectivity index (χ3v) is 2.95. The minimum Gasteiger partial charge on any atom is -0.491 e. The van der Waals surface area contributed by atoms with E-state index in [9.17, 15) is 0 Å². The predicted molar refractivity (Wildman–Crippen MR) is 65.0 cm³/mol. The average molecular weight is 220 g/mol. The van der Waals surface area contributed by atoms with E-state index in [0.29, 0.717) is 12.7 Å². The molecule has 1 saturated heterocycles. The van der Waals surface area contributed by atoms with E-state index in [1.165, 1.54) is 30.4 Å². The Morgan fingerprint density at radius 3 is 2.88 bits per heavy atom. The Balaban J connectivity index is 1.91. The normalized spacial score (nSPS) is 18.5. The first-order valence-electron chi connectivity index (χ1n) is 6.13. The monoisotopic (exact) mass is 220 g/mol. The van der Waals surface area contributed by atoms with E-state index in [-0.39, 0.29) is 0 Å². The fourth-order valence-corrected chi connectivity index (χ4v) is 1.76. The third kappa shape index (κ3) is 3.24. The highest BCUT2D eigenvalue weighted by Gasteiger charge is 2.23. The highest BCUT2D eigenvalue weighted by Crippen LogP contribution is 2.20. The van der Waals surface area contributed by atoms with Gasteiger partial charge in [0.25, 0.3) is 0 Å². The second kappa shape index (κ2) is 5.35. The summed E-state index contributed by atoms with van der Waals surface area (Å²) in [4.78, 5) is 0. The Hall–Kier alpha value is -1.02. The number of hydrogen-bond donors (Lipinski definition) is 0. The van der Waals surface area contributed by atoms with Crippen molar-refractivity contribution in [3.63, 3.8) is 0 Å². The first-order valence-corrected chi connectivity index (χ1v) is 6.13. The van der Waals surface area contributed by atoms with Crippen LogP contribution in [0.2, 0.25) is 0 Å². The molecule has 0 aliphatic carbocycles. The number of aryl methyl sites for hydroxylation is 2. The second-order valence-corrected chi connectivity index (χ2v) is 4.46. The maximum atomic E-state index is 5.65. The first kappa shape index (κ1) is 11.5. The number of benzene rings is 1. The van der Waals surface area contributed by atoms with Crippen molar-refractivity contribution in [3.8, 4) is 5.75 Å². The van der Waals surface area contributed by atoms with Crippen molar-refractivity contribution < 1.29 is 9.47 Å². The van der Waals surface area contributed by atoms with Crippen molar-refractivity contribution in [2.45, 2.75) is 39.2 Å². The number of unbranched alkanes of at least 4 members (excludes halogenated alkanes) is 1. The molecule has 1 aromatic carbocycles. The summed E-state index contributed by atoms with van der Waals surface area (Å²) in [6.07, 6.45) is 4.02. The molecule has 2 nitrogen and oxygen atoms in total. The molecular weight excluding hydrogens is 200 g/mol. The van der Waals surface area contributed by atoms with Crippen molar-refractivity contribution in [2.75, 3.05) is 13.2 Å². The molecule has 16 heavy (non-hydrogen) atoms. The smallest absolute Gasteiger partial charge is 0.119 e. The zero-order valence-electron chi connectivity index (χ0n) is 10.2. The lowest BCUT2D eigenvalue weighted by molar-refractivity contribution is 0.263. The van der Waals surface area contributed by atoms with Gasteiger partial charge in [0.05, 0.1) is 6.61 Å². The minimum absolute atomic E-state index is 0.333. The van der Waals surface area contributed by atoms with Gasteiger partial charge in [-0.25, -0.2) is 0 Å². The highest BCUT2D eigenvalue weighted by atomic mass is 16.6. The Morgan fingerprint density at radius 1 is 1.44 bits per heavy atom. The van der Waals surface area contributed by atoms with E-state index in [1.54, 1.807) is 0 Å². The molecule has 88 valence electrons. The van der Waals surface area contributed by atoms with Crippen molar-refractivity contribution in [2.24, 2.45) is 0 Å². The molecule has 0 spiro atoms. The van der Waals surface area contributed by atoms with E-state index in [1.807, 2.05) is 0 Å². The van der Waals surface area contributed by atoms with E-state index < -0.39 is 0 Å². The summed E-state index contributed by atoms with van der Waals surface area (Å²) >= 11 is 0. The molecule has 2 heteroatoms. The molecule has 1 aliphatic heterocycles. The molecule has 1 heterocycles. The van der Waals surface area contributed by atoms with Gasteiger partial charge in [-0.05, 0) is 43.0 Å². The SMILES string of the molecule is CCCCc1ccc(OCC2CO2)cc1C. The minimum atomic E-state index is 0.333. The van der Waals surface area contributed by atoms with Gasteiger partial charge in [0.2, 0.25) is 0 Å². The molecule has 1 unspecified atom stereocenters. The van der Waals surface area contributed by atoms with Crippen LogP contribution in [0.3, 0.4) is 0 Å². The van der Waals surface area contributed by atoms with Gasteiger partial charge in [0.15, 0.2) is 0 Å². The first-order chi connectivity index (χ1) is 7.79. The van der Waals surface area contributed by atoms with Gasteiger partial charge in [-0.1, -0.05) is 19.4 Å². The summed E-state index contributed by atoms with van der Waals surface area (Å²) < 4.78 is 10.8. The topological polar surface area (TPSA) is 21.8 Å². The van der Waals surface area contributed by atoms with Crippen LogP contribution in [0.4, 0.5) is 0 Å². The third-order valence-electron chi connectivity index (χ3n) is 2.95. The Bertz CT molecular complexity index is 343. The zero-order valence-corrected chi connectivity index (χ0v) is 10.2. The Morgan fingerprint density at radius 2 is 2.25 bits per heavy atom. The quantitative estimate of drug-likeness (QED) is 0.687. The molecule has 0 aromatic heterocycles. The predicted octanol–water partition coefficient (Wildman–Crippen LogP) is 3.12. The summed E-state index contributed by atoms with van der Waals surface area (Å²) in [6, 6.07) is 6.39. The van der Waals surface area contributed by atoms with Crippen LogP contribution in [0.5, 0.6) is 5.75 Å². The van der Waals surface area contributed by atoms with Gasteiger partial charge in [-0.2, -0.15) is 0 Å². The van der Waals surface area contributed by atoms with Crippen LogP contribution in [0.15, 0.2) is 18.2 Å². The molecular formula is C14H20O2. The highest BCUT2D eigenvalue weighted by molar-refractivity contribution is 5.34. The van der Waals surface area contributed by atoms with Gasteiger partial charge in [0, 0.05) is 0 Å². The van der Waals surface area contributed by atoms with Gasteiger partial charge < -0.3 is 9.47 Å². The molecule has 0 amide bonds. The van der Waals surface area contributed by atoms with Crippen LogP contribution >= 0.6 is 0 Å². The van der Waals surface area contributed by atoms with Crippen molar-refractivity contribution in [1.82, 2.24) is 0 Å². The number of epoxide rings is 1. The number of hydrogen-bond acceptors (Lipinski definition) is 2. The zero-order chi connectivity index (χ0) is 11.4. The number of ether oxygens (including phenoxy) is 2. The van der Waals surface area contributed by atoms with E-state index in [0.717, 1.165) is 12.4 Å². The summed E-state index contributed by atoms with van der Waals surface area (Å²) in [5, 5.41) is 0. The van der Waals surface area contributed by atoms with E-state index in [4.69, 9.17) is 9.47 Å². The van der Waals surface area contributed by atoms with Crippen molar-refractivity contribution in [1.29, 1.82) is 0 Å². The fraction of sp³-hybridized carbons (Fsp3) is 0.571. The molecule has 0 radical (unpaired) electrons. The molecule has 1 aliphatic rings. The lowest BCUT2D eigenvalue weighted by Gasteiger charge is -2.09. The summed E-state index contributed by atoms with van der Waals surface area (Å²) in [7, 11) is 0. The van der Waals surface area contributed by atoms with Crippen molar-refractivity contribution >= 4 is 0 Å². The summed E-state index contributed by atoms with van der Waals surface area (Å²) in [5.74, 6) is 0.966. The standard InChI is InChI=1S/C14H20O2/c1-3-4-5-12-6-7-13(8-11(12)2)15-9-14-10-16-14/h6-8,14H,3-5,9-10H2,1-2H3. The number of rotatable bonds is 6. The second-order valence-electron chi connectivity index (χ2n) is 4.46. The summed E-state index contributed by atoms with van der Waals surface area (Å²) in [6.45, 7) is 5.93. The fourth-order valence-electron chi connectivity index (χ4n) is 1.76. The van der Waals surface area contributed by atoms with Crippen LogP contribution in [0.1, 0.15) is 30.9 Å². The molecule has 0 saturated carbocycles. The molecule has 1 fully saturated rings. The Labute approximate surface area is 97.6 Å². The van der Waals surface area contributed by atoms with Gasteiger partial charge in [-0.3, -0.25) is 0 Å². The van der Waals surface area contributed by atoms with Crippen LogP contribution in [0, 0.1) is 6.92 Å². The molecule has 2 rings (SSSR count). The molecule has 0 N–H and O–H groups in total. The summed E-state index contributed by atoms with van der Waals surface area (Å²) in [5.41, 5.74) is 2.78. The average Bonchev–Trinajstić information content (AvgIpc) is 3.09. The lowest BCUT2D eigenvalue weighted by atomic mass is 10.0. The molecule has 1 atom stereocenters. The van der Waals surface area contributed by atoms with Gasteiger partial charge in [0.1, 0.15) is 18.5 Å². The molecule has 1 aromatic rings. The lowest BCUT2D eigenvalue weighted by Crippen LogP contribution is -2.04. The maximum Gasteiger partial charge on any atom is 0.119 e. The van der Waals surface area contributed by atoms with Crippen LogP contribution < -0.4 is 4.74 Å². The van der Waals surface area contributed by atoms with E-state index >= 15 is 0 Å². The van der Waals surface area contributed by atoms with Crippen molar-refractivity contribution in [3.05, 3.63) is 29.3 Å². The van der Waals surface area contributed by atoms with Crippen LogP contribution in [-0.2, 0) is 11.2 Å². The van der Waals surface area contributed by atoms with E-state index in [2.05, 4.69) is 32.0 Å². The Kier molecular flexibility index (Phi) is 3.83.